The summed E-state index contributed by atoms with van der Waals surface area (Å²) in [6.07, 6.45) is 6.41. The first-order valence-corrected chi connectivity index (χ1v) is 8.17. The lowest BCUT2D eigenvalue weighted by Gasteiger charge is -2.34. The molecule has 0 radical (unpaired) electrons. The first-order chi connectivity index (χ1) is 11.7. The van der Waals surface area contributed by atoms with Crippen molar-refractivity contribution in [2.24, 2.45) is 5.92 Å². The predicted molar refractivity (Wildman–Crippen MR) is 86.8 cm³/mol. The average molecular weight is 321 g/mol. The summed E-state index contributed by atoms with van der Waals surface area (Å²) in [4.78, 5) is 8.63. The lowest BCUT2D eigenvalue weighted by Crippen LogP contribution is -2.29. The van der Waals surface area contributed by atoms with E-state index in [-0.39, 0.29) is 17.8 Å². The van der Waals surface area contributed by atoms with Crippen LogP contribution in [0.1, 0.15) is 35.4 Å². The van der Waals surface area contributed by atoms with Crippen molar-refractivity contribution >= 4 is 0 Å². The third kappa shape index (κ3) is 1.82. The van der Waals surface area contributed by atoms with Gasteiger partial charge in [0.1, 0.15) is 5.82 Å². The second kappa shape index (κ2) is 4.98. The standard InChI is InChI=1S/C19H16FN3O/c20-11-3-4-12-15(8-11)17-9-21-10-23(17)18(12)14-5-6-16-13(19(14)24)2-1-7-22-16/h1-4,7-10,14,18-19,24H,5-6H2/t14?,18-,19?/m1/s1. The van der Waals surface area contributed by atoms with Crippen LogP contribution < -0.4 is 0 Å². The van der Waals surface area contributed by atoms with Gasteiger partial charge in [0, 0.05) is 28.9 Å². The lowest BCUT2D eigenvalue weighted by atomic mass is 9.77. The van der Waals surface area contributed by atoms with Gasteiger partial charge >= 0.3 is 0 Å². The van der Waals surface area contributed by atoms with Gasteiger partial charge in [0.2, 0.25) is 0 Å². The van der Waals surface area contributed by atoms with Crippen LogP contribution in [0.25, 0.3) is 11.3 Å². The van der Waals surface area contributed by atoms with E-state index >= 15 is 0 Å². The average Bonchev–Trinajstić information content (AvgIpc) is 3.17. The zero-order valence-electron chi connectivity index (χ0n) is 12.9. The van der Waals surface area contributed by atoms with Crippen molar-refractivity contribution in [3.05, 3.63) is 71.7 Å². The van der Waals surface area contributed by atoms with Crippen molar-refractivity contribution in [3.63, 3.8) is 0 Å². The summed E-state index contributed by atoms with van der Waals surface area (Å²) in [7, 11) is 0. The first-order valence-electron chi connectivity index (χ1n) is 8.17. The molecular formula is C19H16FN3O. The third-order valence-electron chi connectivity index (χ3n) is 5.35. The van der Waals surface area contributed by atoms with E-state index in [1.165, 1.54) is 6.07 Å². The summed E-state index contributed by atoms with van der Waals surface area (Å²) < 4.78 is 15.8. The summed E-state index contributed by atoms with van der Waals surface area (Å²) in [5.74, 6) is -0.234. The minimum absolute atomic E-state index is 0.0151. The predicted octanol–water partition coefficient (Wildman–Crippen LogP) is 3.28. The fourth-order valence-corrected chi connectivity index (χ4v) is 4.28. The number of hydrogen-bond donors (Lipinski definition) is 1. The lowest BCUT2D eigenvalue weighted by molar-refractivity contribution is 0.0710. The highest BCUT2D eigenvalue weighted by Crippen LogP contribution is 2.49. The van der Waals surface area contributed by atoms with Gasteiger partial charge in [-0.05, 0) is 36.6 Å². The second-order valence-electron chi connectivity index (χ2n) is 6.55. The Hall–Kier alpha value is -2.53. The van der Waals surface area contributed by atoms with Gasteiger partial charge in [-0.3, -0.25) is 4.98 Å². The van der Waals surface area contributed by atoms with Crippen LogP contribution in [0.4, 0.5) is 4.39 Å². The first kappa shape index (κ1) is 13.9. The Balaban J connectivity index is 1.64. The number of pyridine rings is 1. The van der Waals surface area contributed by atoms with Crippen LogP contribution in [0.5, 0.6) is 0 Å². The molecule has 5 heteroatoms. The summed E-state index contributed by atoms with van der Waals surface area (Å²) in [6, 6.07) is 8.69. The van der Waals surface area contributed by atoms with Crippen molar-refractivity contribution in [2.75, 3.05) is 0 Å². The Morgan fingerprint density at radius 3 is 3.04 bits per heavy atom. The number of nitrogens with zero attached hydrogens (tertiary/aromatic N) is 3. The zero-order valence-corrected chi connectivity index (χ0v) is 12.9. The number of halogens is 1. The van der Waals surface area contributed by atoms with Crippen LogP contribution in [0.15, 0.2) is 49.1 Å². The maximum atomic E-state index is 13.7. The number of hydrogen-bond acceptors (Lipinski definition) is 3. The highest BCUT2D eigenvalue weighted by molar-refractivity contribution is 5.69. The molecule has 1 aliphatic carbocycles. The van der Waals surface area contributed by atoms with Gasteiger partial charge in [-0.25, -0.2) is 9.37 Å². The Labute approximate surface area is 138 Å². The molecular weight excluding hydrogens is 305 g/mol. The second-order valence-corrected chi connectivity index (χ2v) is 6.55. The quantitative estimate of drug-likeness (QED) is 0.748. The molecule has 2 aromatic heterocycles. The van der Waals surface area contributed by atoms with E-state index in [1.54, 1.807) is 24.8 Å². The molecule has 3 aromatic rings. The van der Waals surface area contributed by atoms with Gasteiger partial charge < -0.3 is 9.67 Å². The Bertz CT molecular complexity index is 936. The molecule has 5 rings (SSSR count). The summed E-state index contributed by atoms with van der Waals surface area (Å²) in [5.41, 5.74) is 4.74. The fourth-order valence-electron chi connectivity index (χ4n) is 4.28. The molecule has 1 aliphatic heterocycles. The van der Waals surface area contributed by atoms with E-state index in [4.69, 9.17) is 0 Å². The Morgan fingerprint density at radius 2 is 2.12 bits per heavy atom. The van der Waals surface area contributed by atoms with Gasteiger partial charge in [0.05, 0.1) is 30.4 Å². The number of aryl methyl sites for hydroxylation is 1. The van der Waals surface area contributed by atoms with Crippen molar-refractivity contribution < 1.29 is 9.50 Å². The van der Waals surface area contributed by atoms with Crippen molar-refractivity contribution in [2.45, 2.75) is 25.0 Å². The molecule has 1 N–H and O–H groups in total. The molecule has 1 aromatic carbocycles. The molecule has 0 bridgehead atoms. The minimum atomic E-state index is -0.585. The largest absolute Gasteiger partial charge is 0.388 e. The normalized spacial score (nSPS) is 24.3. The van der Waals surface area contributed by atoms with E-state index in [2.05, 4.69) is 14.5 Å². The molecule has 0 spiro atoms. The van der Waals surface area contributed by atoms with Crippen LogP contribution in [0.2, 0.25) is 0 Å². The number of fused-ring (bicyclic) bond motifs is 4. The summed E-state index contributed by atoms with van der Waals surface area (Å²) >= 11 is 0. The van der Waals surface area contributed by atoms with Crippen molar-refractivity contribution in [1.29, 1.82) is 0 Å². The van der Waals surface area contributed by atoms with E-state index in [9.17, 15) is 9.50 Å². The minimum Gasteiger partial charge on any atom is -0.388 e. The van der Waals surface area contributed by atoms with Crippen molar-refractivity contribution in [3.8, 4) is 11.3 Å². The molecule has 3 atom stereocenters. The van der Waals surface area contributed by atoms with Crippen molar-refractivity contribution in [1.82, 2.24) is 14.5 Å². The molecule has 0 amide bonds. The zero-order chi connectivity index (χ0) is 16.3. The Kier molecular flexibility index (Phi) is 2.88. The number of benzene rings is 1. The van der Waals surface area contributed by atoms with Crippen LogP contribution in [0.3, 0.4) is 0 Å². The highest BCUT2D eigenvalue weighted by atomic mass is 19.1. The fraction of sp³-hybridized carbons (Fsp3) is 0.263. The number of rotatable bonds is 1. The maximum Gasteiger partial charge on any atom is 0.123 e. The molecule has 0 saturated carbocycles. The van der Waals surface area contributed by atoms with Gasteiger partial charge in [-0.1, -0.05) is 12.1 Å². The highest BCUT2D eigenvalue weighted by Gasteiger charge is 2.40. The monoisotopic (exact) mass is 321 g/mol. The molecule has 0 saturated heterocycles. The van der Waals surface area contributed by atoms with E-state index in [1.807, 2.05) is 18.2 Å². The van der Waals surface area contributed by atoms with Gasteiger partial charge in [-0.15, -0.1) is 0 Å². The van der Waals surface area contributed by atoms with Gasteiger partial charge in [0.25, 0.3) is 0 Å². The smallest absolute Gasteiger partial charge is 0.123 e. The maximum absolute atomic E-state index is 13.7. The molecule has 2 unspecified atom stereocenters. The van der Waals surface area contributed by atoms with Crippen LogP contribution >= 0.6 is 0 Å². The number of aliphatic hydroxyl groups is 1. The summed E-state index contributed by atoms with van der Waals surface area (Å²) in [6.45, 7) is 0. The topological polar surface area (TPSA) is 50.9 Å². The number of aliphatic hydroxyl groups excluding tert-OH is 1. The number of imidazole rings is 1. The van der Waals surface area contributed by atoms with E-state index in [0.717, 1.165) is 40.9 Å². The third-order valence-corrected chi connectivity index (χ3v) is 5.35. The molecule has 2 aliphatic rings. The summed E-state index contributed by atoms with van der Waals surface area (Å²) in [5, 5.41) is 11.0. The number of aromatic nitrogens is 3. The van der Waals surface area contributed by atoms with E-state index in [0.29, 0.717) is 0 Å². The van der Waals surface area contributed by atoms with Crippen LogP contribution in [0, 0.1) is 11.7 Å². The molecule has 120 valence electrons. The molecule has 3 heterocycles. The van der Waals surface area contributed by atoms with Crippen LogP contribution in [-0.4, -0.2) is 19.6 Å². The van der Waals surface area contributed by atoms with Crippen LogP contribution in [-0.2, 0) is 6.42 Å². The SMILES string of the molecule is OC1c2cccnc2CCC1[C@H]1c2ccc(F)cc2-c2cncn21. The van der Waals surface area contributed by atoms with Gasteiger partial charge in [0.15, 0.2) is 0 Å². The molecule has 4 nitrogen and oxygen atoms in total. The van der Waals surface area contributed by atoms with Gasteiger partial charge in [-0.2, -0.15) is 0 Å². The molecule has 0 fully saturated rings. The molecule has 24 heavy (non-hydrogen) atoms. The van der Waals surface area contributed by atoms with E-state index < -0.39 is 6.10 Å². The Morgan fingerprint density at radius 1 is 1.21 bits per heavy atom.